The van der Waals surface area contributed by atoms with Gasteiger partial charge in [0.2, 0.25) is 0 Å². The third-order valence-electron chi connectivity index (χ3n) is 17.2. The Morgan fingerprint density at radius 2 is 1.11 bits per heavy atom. The number of rotatable bonds is 12. The molecule has 0 spiro atoms. The van der Waals surface area contributed by atoms with Gasteiger partial charge in [-0.05, 0) is 180 Å². The average molecular weight is 895 g/mol. The zero-order valence-corrected chi connectivity index (χ0v) is 39.1. The molecule has 0 heterocycles. The predicted molar refractivity (Wildman–Crippen MR) is 221 cm³/mol. The van der Waals surface area contributed by atoms with Gasteiger partial charge in [0.05, 0.1) is 21.8 Å². The van der Waals surface area contributed by atoms with E-state index in [4.69, 9.17) is 14.6 Å². The highest BCUT2D eigenvalue weighted by Crippen LogP contribution is 2.71. The summed E-state index contributed by atoms with van der Waals surface area (Å²) in [7, 11) is 0. The molecule has 8 bridgehead atoms. The van der Waals surface area contributed by atoms with Crippen LogP contribution in [-0.4, -0.2) is 69.0 Å². The van der Waals surface area contributed by atoms with E-state index >= 15 is 0 Å². The van der Waals surface area contributed by atoms with Crippen molar-refractivity contribution < 1.29 is 65.1 Å². The van der Waals surface area contributed by atoms with Crippen LogP contribution in [0.25, 0.3) is 0 Å². The van der Waals surface area contributed by atoms with Gasteiger partial charge in [0, 0.05) is 18.8 Å². The van der Waals surface area contributed by atoms with Gasteiger partial charge in [0.15, 0.2) is 0 Å². The van der Waals surface area contributed by atoms with Crippen LogP contribution in [0.5, 0.6) is 0 Å². The first-order valence-electron chi connectivity index (χ1n) is 23.5. The molecule has 8 aliphatic rings. The van der Waals surface area contributed by atoms with Crippen LogP contribution in [0.1, 0.15) is 179 Å². The summed E-state index contributed by atoms with van der Waals surface area (Å²) in [4.78, 5) is 36.7. The number of hydrogen-bond acceptors (Lipinski definition) is 8. The van der Waals surface area contributed by atoms with E-state index in [2.05, 4.69) is 18.6 Å². The fourth-order valence-corrected chi connectivity index (χ4v) is 12.8. The summed E-state index contributed by atoms with van der Waals surface area (Å²) in [6.07, 6.45) is 0.112. The SMILES string of the molecule is CCC(C)(C)C(=O)OC(C)CC(O)(C(F)(F)F)C(F)(F)F.CCC(C)(C)C(=O)OC1(CC)CC2CC1C1C3CCC(C3)C21.CCC(C)(C)C(=O)OC12CC3CC(CC(O)(C3)C1)C2. The zero-order chi connectivity index (χ0) is 46.9. The van der Waals surface area contributed by atoms with Crippen LogP contribution in [0.15, 0.2) is 0 Å². The molecule has 0 amide bonds. The lowest BCUT2D eigenvalue weighted by atomic mass is 9.52. The molecule has 0 aromatic carbocycles. The van der Waals surface area contributed by atoms with Crippen molar-refractivity contribution in [2.24, 2.45) is 63.6 Å². The Kier molecular flexibility index (Phi) is 14.2. The molecule has 0 saturated heterocycles. The van der Waals surface area contributed by atoms with E-state index in [1.54, 1.807) is 6.92 Å². The first kappa shape index (κ1) is 50.9. The molecule has 8 nitrogen and oxygen atoms in total. The van der Waals surface area contributed by atoms with Gasteiger partial charge in [-0.25, -0.2) is 0 Å². The lowest BCUT2D eigenvalue weighted by Gasteiger charge is -2.59. The predicted octanol–water partition coefficient (Wildman–Crippen LogP) is 11.5. The molecule has 14 heteroatoms. The highest BCUT2D eigenvalue weighted by atomic mass is 19.4. The average Bonchev–Trinajstić information content (AvgIpc) is 3.94. The molecule has 8 aliphatic carbocycles. The van der Waals surface area contributed by atoms with Crippen molar-refractivity contribution >= 4 is 17.9 Å². The topological polar surface area (TPSA) is 119 Å². The minimum atomic E-state index is -5.92. The first-order chi connectivity index (χ1) is 28.3. The Morgan fingerprint density at radius 3 is 1.56 bits per heavy atom. The van der Waals surface area contributed by atoms with Crippen molar-refractivity contribution in [3.05, 3.63) is 0 Å². The molecule has 62 heavy (non-hydrogen) atoms. The van der Waals surface area contributed by atoms with Crippen molar-refractivity contribution in [3.63, 3.8) is 0 Å². The van der Waals surface area contributed by atoms with Gasteiger partial charge in [-0.3, -0.25) is 14.4 Å². The number of carbonyl (C=O) groups is 3. The minimum Gasteiger partial charge on any atom is -0.462 e. The molecule has 10 atom stereocenters. The summed E-state index contributed by atoms with van der Waals surface area (Å²) in [6, 6.07) is 0. The second-order valence-corrected chi connectivity index (χ2v) is 22.8. The zero-order valence-electron chi connectivity index (χ0n) is 39.1. The van der Waals surface area contributed by atoms with Gasteiger partial charge in [-0.2, -0.15) is 26.3 Å². The summed E-state index contributed by atoms with van der Waals surface area (Å²) in [5, 5.41) is 19.6. The number of carbonyl (C=O) groups excluding carboxylic acids is 3. The van der Waals surface area contributed by atoms with Crippen molar-refractivity contribution in [2.75, 3.05) is 0 Å². The lowest BCUT2D eigenvalue weighted by Crippen LogP contribution is -2.61. The van der Waals surface area contributed by atoms with Crippen LogP contribution in [-0.2, 0) is 28.6 Å². The van der Waals surface area contributed by atoms with Crippen molar-refractivity contribution in [2.45, 2.75) is 220 Å². The standard InChI is InChI=1S/C20H32O2.C16H26O3.C12H18F6O3/c1-5-19(3,4)18(21)22-20(6-2)11-14-10-15(20)17-13-8-7-12(9-13)16(14)17;1-4-14(2,3)13(17)19-16-8-11-5-12(9-16)7-15(18,6-11)10-16;1-5-9(3,4)8(19)21-7(2)6-10(20,11(13,14)15)12(16,17)18/h12-17H,5-11H2,1-4H3;11-12,18H,4-10H2,1-3H3;7,20H,5-6H2,1-4H3. The highest BCUT2D eigenvalue weighted by Gasteiger charge is 2.71. The summed E-state index contributed by atoms with van der Waals surface area (Å²) in [6.45, 7) is 19.7. The van der Waals surface area contributed by atoms with Crippen molar-refractivity contribution in [1.82, 2.24) is 0 Å². The monoisotopic (exact) mass is 895 g/mol. The number of alkyl halides is 6. The fourth-order valence-electron chi connectivity index (χ4n) is 12.8. The van der Waals surface area contributed by atoms with Crippen LogP contribution in [0.4, 0.5) is 26.3 Å². The highest BCUT2D eigenvalue weighted by molar-refractivity contribution is 5.77. The van der Waals surface area contributed by atoms with Crippen LogP contribution in [0.3, 0.4) is 0 Å². The summed E-state index contributed by atoms with van der Waals surface area (Å²) >= 11 is 0. The summed E-state index contributed by atoms with van der Waals surface area (Å²) < 4.78 is 91.8. The Balaban J connectivity index is 0.000000176. The van der Waals surface area contributed by atoms with E-state index in [-0.39, 0.29) is 28.6 Å². The fraction of sp³-hybridized carbons (Fsp3) is 0.938. The maximum atomic E-state index is 12.7. The van der Waals surface area contributed by atoms with E-state index in [0.717, 1.165) is 87.9 Å². The van der Waals surface area contributed by atoms with Gasteiger partial charge >= 0.3 is 30.3 Å². The summed E-state index contributed by atoms with van der Waals surface area (Å²) in [5.74, 6) is 5.51. The van der Waals surface area contributed by atoms with E-state index in [1.807, 2.05) is 34.6 Å². The van der Waals surface area contributed by atoms with Crippen molar-refractivity contribution in [3.8, 4) is 0 Å². The largest absolute Gasteiger partial charge is 0.462 e. The van der Waals surface area contributed by atoms with Crippen LogP contribution in [0.2, 0.25) is 0 Å². The Bertz CT molecular complexity index is 1610. The number of halogens is 6. The van der Waals surface area contributed by atoms with Gasteiger partial charge < -0.3 is 24.4 Å². The number of esters is 3. The third kappa shape index (κ3) is 9.72. The smallest absolute Gasteiger partial charge is 0.426 e. The third-order valence-corrected chi connectivity index (χ3v) is 17.2. The number of ether oxygens (including phenoxy) is 3. The molecule has 8 rings (SSSR count). The molecule has 0 aromatic rings. The molecular weight excluding hydrogens is 819 g/mol. The Hall–Kier alpha value is -2.09. The second kappa shape index (κ2) is 17.3. The Labute approximate surface area is 365 Å². The van der Waals surface area contributed by atoms with Gasteiger partial charge in [-0.1, -0.05) is 27.7 Å². The molecule has 0 radical (unpaired) electrons. The molecule has 0 aromatic heterocycles. The number of fused-ring (bicyclic) bond motifs is 9. The van der Waals surface area contributed by atoms with Crippen LogP contribution >= 0.6 is 0 Å². The minimum absolute atomic E-state index is 0.0455. The number of aliphatic hydroxyl groups is 2. The molecule has 8 fully saturated rings. The van der Waals surface area contributed by atoms with E-state index in [9.17, 15) is 45.8 Å². The molecule has 8 saturated carbocycles. The van der Waals surface area contributed by atoms with Gasteiger partial charge in [0.25, 0.3) is 5.60 Å². The van der Waals surface area contributed by atoms with Crippen LogP contribution in [0, 0.1) is 63.6 Å². The first-order valence-corrected chi connectivity index (χ1v) is 23.5. The van der Waals surface area contributed by atoms with E-state index in [1.165, 1.54) is 46.0 Å². The van der Waals surface area contributed by atoms with E-state index < -0.39 is 52.9 Å². The lowest BCUT2D eigenvalue weighted by molar-refractivity contribution is -0.373. The van der Waals surface area contributed by atoms with E-state index in [0.29, 0.717) is 30.6 Å². The normalized spacial score (nSPS) is 36.2. The van der Waals surface area contributed by atoms with Crippen LogP contribution < -0.4 is 0 Å². The van der Waals surface area contributed by atoms with Crippen molar-refractivity contribution in [1.29, 1.82) is 0 Å². The molecule has 10 unspecified atom stereocenters. The second-order valence-electron chi connectivity index (χ2n) is 22.8. The van der Waals surface area contributed by atoms with Gasteiger partial charge in [-0.15, -0.1) is 0 Å². The Morgan fingerprint density at radius 1 is 0.645 bits per heavy atom. The molecule has 0 aliphatic heterocycles. The summed E-state index contributed by atoms with van der Waals surface area (Å²) in [5.41, 5.74) is -7.74. The van der Waals surface area contributed by atoms with Gasteiger partial charge in [0.1, 0.15) is 17.3 Å². The maximum Gasteiger partial charge on any atom is 0.426 e. The number of hydrogen-bond donors (Lipinski definition) is 2. The molecule has 358 valence electrons. The maximum absolute atomic E-state index is 12.7. The molecule has 2 N–H and O–H groups in total. The quantitative estimate of drug-likeness (QED) is 0.0860. The molecular formula is C48H76F6O8.